The zero-order valence-electron chi connectivity index (χ0n) is 7.58. The molecule has 1 unspecified atom stereocenters. The van der Waals surface area contributed by atoms with Crippen molar-refractivity contribution in [3.63, 3.8) is 0 Å². The van der Waals surface area contributed by atoms with Crippen LogP contribution in [0.1, 0.15) is 13.8 Å². The lowest BCUT2D eigenvalue weighted by Gasteiger charge is -2.05. The number of hydrogen-bond donors (Lipinski definition) is 0. The van der Waals surface area contributed by atoms with Gasteiger partial charge in [-0.2, -0.15) is 0 Å². The van der Waals surface area contributed by atoms with Crippen molar-refractivity contribution in [1.82, 2.24) is 0 Å². The fourth-order valence-corrected chi connectivity index (χ4v) is 1.31. The van der Waals surface area contributed by atoms with Gasteiger partial charge in [0.2, 0.25) is 0 Å². The molecule has 0 fully saturated rings. The molecule has 0 saturated heterocycles. The number of hydrogen-bond acceptors (Lipinski definition) is 1. The lowest BCUT2D eigenvalue weighted by molar-refractivity contribution is -0.111. The van der Waals surface area contributed by atoms with E-state index in [0.29, 0.717) is 5.92 Å². The fourth-order valence-electron chi connectivity index (χ4n) is 1.31. The normalized spacial score (nSPS) is 25.8. The zero-order chi connectivity index (χ0) is 9.14. The van der Waals surface area contributed by atoms with Crippen molar-refractivity contribution in [2.45, 2.75) is 13.8 Å². The Bertz CT molecular complexity index is 256. The molecule has 1 nitrogen and oxygen atoms in total. The molecule has 12 heavy (non-hydrogen) atoms. The van der Waals surface area contributed by atoms with E-state index in [4.69, 9.17) is 0 Å². The Labute approximate surface area is 73.5 Å². The molecule has 1 rings (SSSR count). The van der Waals surface area contributed by atoms with Crippen LogP contribution >= 0.6 is 0 Å². The first-order valence-electron chi connectivity index (χ1n) is 4.22. The summed E-state index contributed by atoms with van der Waals surface area (Å²) >= 11 is 0. The van der Waals surface area contributed by atoms with E-state index in [0.717, 1.165) is 5.57 Å². The van der Waals surface area contributed by atoms with Crippen LogP contribution in [-0.4, -0.2) is 5.78 Å². The second kappa shape index (κ2) is 3.53. The largest absolute Gasteiger partial charge is 0.290 e. The van der Waals surface area contributed by atoms with Gasteiger partial charge in [-0.3, -0.25) is 4.79 Å². The van der Waals surface area contributed by atoms with Crippen LogP contribution in [0.5, 0.6) is 0 Å². The first-order valence-corrected chi connectivity index (χ1v) is 4.22. The van der Waals surface area contributed by atoms with E-state index in [2.05, 4.69) is 20.4 Å². The van der Waals surface area contributed by atoms with Crippen molar-refractivity contribution in [2.75, 3.05) is 0 Å². The molecule has 0 amide bonds. The third-order valence-electron chi connectivity index (χ3n) is 1.87. The van der Waals surface area contributed by atoms with Gasteiger partial charge < -0.3 is 0 Å². The summed E-state index contributed by atoms with van der Waals surface area (Å²) in [5.74, 6) is 0.694. The quantitative estimate of drug-likeness (QED) is 0.450. The molecule has 0 aromatic carbocycles. The summed E-state index contributed by atoms with van der Waals surface area (Å²) in [4.78, 5) is 11.3. The summed E-state index contributed by atoms with van der Waals surface area (Å²) in [6.45, 7) is 7.83. The molecule has 64 valence electrons. The van der Waals surface area contributed by atoms with Crippen molar-refractivity contribution in [3.8, 4) is 0 Å². The summed E-state index contributed by atoms with van der Waals surface area (Å²) in [5, 5.41) is 0. The van der Waals surface area contributed by atoms with Crippen molar-refractivity contribution < 1.29 is 4.79 Å². The molecule has 1 aliphatic carbocycles. The van der Waals surface area contributed by atoms with Gasteiger partial charge in [0.05, 0.1) is 0 Å². The van der Waals surface area contributed by atoms with Gasteiger partial charge in [-0.25, -0.2) is 0 Å². The number of ketones is 1. The molecule has 0 bridgehead atoms. The van der Waals surface area contributed by atoms with Crippen LogP contribution < -0.4 is 0 Å². The Balaban J connectivity index is 2.88. The summed E-state index contributed by atoms with van der Waals surface area (Å²) in [5.41, 5.74) is 0.875. The van der Waals surface area contributed by atoms with E-state index < -0.39 is 0 Å². The van der Waals surface area contributed by atoms with E-state index in [1.54, 1.807) is 12.2 Å². The van der Waals surface area contributed by atoms with Crippen LogP contribution in [-0.2, 0) is 4.79 Å². The molecule has 0 radical (unpaired) electrons. The van der Waals surface area contributed by atoms with Gasteiger partial charge in [-0.15, -0.1) is 6.58 Å². The molecule has 1 atom stereocenters. The Kier molecular flexibility index (Phi) is 2.64. The molecule has 1 aliphatic rings. The lowest BCUT2D eigenvalue weighted by atomic mass is 9.98. The molecule has 0 heterocycles. The predicted octanol–water partition coefficient (Wildman–Crippen LogP) is 2.51. The third kappa shape index (κ3) is 1.73. The highest BCUT2D eigenvalue weighted by Crippen LogP contribution is 2.23. The highest BCUT2D eigenvalue weighted by Gasteiger charge is 2.19. The average Bonchev–Trinajstić information content (AvgIpc) is 2.32. The van der Waals surface area contributed by atoms with Gasteiger partial charge in [0, 0.05) is 11.5 Å². The first-order chi connectivity index (χ1) is 5.65. The minimum absolute atomic E-state index is 0.133. The first kappa shape index (κ1) is 8.98. The molecule has 0 aliphatic heterocycles. The van der Waals surface area contributed by atoms with Gasteiger partial charge in [0.15, 0.2) is 5.78 Å². The maximum Gasteiger partial charge on any atom is 0.182 e. The SMILES string of the molecule is C=CC1C=CC(=O)/C1=C/C(C)C. The van der Waals surface area contributed by atoms with Gasteiger partial charge in [0.1, 0.15) is 0 Å². The van der Waals surface area contributed by atoms with Crippen molar-refractivity contribution >= 4 is 5.78 Å². The second-order valence-corrected chi connectivity index (χ2v) is 3.35. The highest BCUT2D eigenvalue weighted by molar-refractivity contribution is 6.07. The Hall–Kier alpha value is -1.11. The summed E-state index contributed by atoms with van der Waals surface area (Å²) in [7, 11) is 0. The van der Waals surface area contributed by atoms with E-state index in [9.17, 15) is 4.79 Å². The minimum atomic E-state index is 0.133. The van der Waals surface area contributed by atoms with Gasteiger partial charge >= 0.3 is 0 Å². The number of allylic oxidation sites excluding steroid dienone is 5. The maximum absolute atomic E-state index is 11.3. The van der Waals surface area contributed by atoms with Crippen LogP contribution in [0.3, 0.4) is 0 Å². The molecule has 0 spiro atoms. The average molecular weight is 162 g/mol. The standard InChI is InChI=1S/C11H14O/c1-4-9-5-6-11(12)10(9)7-8(2)3/h4-9H,1H2,2-3H3/b10-7+. The molecular weight excluding hydrogens is 148 g/mol. The van der Waals surface area contributed by atoms with Crippen LogP contribution in [0.15, 0.2) is 36.5 Å². The van der Waals surface area contributed by atoms with Crippen LogP contribution in [0.2, 0.25) is 0 Å². The van der Waals surface area contributed by atoms with E-state index in [-0.39, 0.29) is 11.7 Å². The van der Waals surface area contributed by atoms with Crippen LogP contribution in [0.25, 0.3) is 0 Å². The van der Waals surface area contributed by atoms with Crippen molar-refractivity contribution in [3.05, 3.63) is 36.5 Å². The van der Waals surface area contributed by atoms with E-state index in [1.807, 2.05) is 12.2 Å². The Morgan fingerprint density at radius 3 is 2.75 bits per heavy atom. The summed E-state index contributed by atoms with van der Waals surface area (Å²) in [6.07, 6.45) is 7.33. The number of carbonyl (C=O) groups is 1. The topological polar surface area (TPSA) is 17.1 Å². The van der Waals surface area contributed by atoms with Gasteiger partial charge in [-0.1, -0.05) is 32.1 Å². The molecular formula is C11H14O. The minimum Gasteiger partial charge on any atom is -0.290 e. The monoisotopic (exact) mass is 162 g/mol. The molecule has 0 N–H and O–H groups in total. The second-order valence-electron chi connectivity index (χ2n) is 3.35. The lowest BCUT2D eigenvalue weighted by Crippen LogP contribution is -2.01. The maximum atomic E-state index is 11.3. The van der Waals surface area contributed by atoms with E-state index >= 15 is 0 Å². The van der Waals surface area contributed by atoms with Crippen LogP contribution in [0, 0.1) is 11.8 Å². The predicted molar refractivity (Wildman–Crippen MR) is 50.8 cm³/mol. The zero-order valence-corrected chi connectivity index (χ0v) is 7.58. The van der Waals surface area contributed by atoms with E-state index in [1.165, 1.54) is 0 Å². The molecule has 1 heteroatoms. The highest BCUT2D eigenvalue weighted by atomic mass is 16.1. The van der Waals surface area contributed by atoms with Gasteiger partial charge in [-0.05, 0) is 12.0 Å². The molecule has 0 aromatic rings. The Morgan fingerprint density at radius 2 is 2.25 bits per heavy atom. The van der Waals surface area contributed by atoms with Gasteiger partial charge in [0.25, 0.3) is 0 Å². The van der Waals surface area contributed by atoms with Crippen molar-refractivity contribution in [1.29, 1.82) is 0 Å². The summed E-state index contributed by atoms with van der Waals surface area (Å²) < 4.78 is 0. The molecule has 0 saturated carbocycles. The Morgan fingerprint density at radius 1 is 1.58 bits per heavy atom. The van der Waals surface area contributed by atoms with Crippen LogP contribution in [0.4, 0.5) is 0 Å². The smallest absolute Gasteiger partial charge is 0.182 e. The summed E-state index contributed by atoms with van der Waals surface area (Å²) in [6, 6.07) is 0. The number of rotatable bonds is 2. The molecule has 0 aromatic heterocycles. The number of carbonyl (C=O) groups excluding carboxylic acids is 1. The third-order valence-corrected chi connectivity index (χ3v) is 1.87. The van der Waals surface area contributed by atoms with Crippen molar-refractivity contribution in [2.24, 2.45) is 11.8 Å². The fraction of sp³-hybridized carbons (Fsp3) is 0.364.